The van der Waals surface area contributed by atoms with Gasteiger partial charge in [-0.1, -0.05) is 23.2 Å². The van der Waals surface area contributed by atoms with Gasteiger partial charge in [0.2, 0.25) is 12.3 Å². The highest BCUT2D eigenvalue weighted by molar-refractivity contribution is 6.35. The molecule has 1 aromatic carbocycles. The topological polar surface area (TPSA) is 38.9 Å². The lowest BCUT2D eigenvalue weighted by atomic mass is 10.2. The van der Waals surface area contributed by atoms with Crippen molar-refractivity contribution in [1.29, 1.82) is 0 Å². The zero-order chi connectivity index (χ0) is 10.1. The molecule has 1 heterocycles. The van der Waals surface area contributed by atoms with Crippen molar-refractivity contribution in [1.82, 2.24) is 10.2 Å². The minimum atomic E-state index is -0.240. The Morgan fingerprint density at radius 3 is 2.46 bits per heavy atom. The van der Waals surface area contributed by atoms with Crippen LogP contribution in [-0.2, 0) is 0 Å². The Morgan fingerprint density at radius 2 is 1.92 bits per heavy atom. The van der Waals surface area contributed by atoms with Gasteiger partial charge in [-0.15, -0.1) is 10.2 Å². The Labute approximate surface area is 85.7 Å². The summed E-state index contributed by atoms with van der Waals surface area (Å²) in [6.45, 7) is 0. The lowest BCUT2D eigenvalue weighted by molar-refractivity contribution is 0.568. The van der Waals surface area contributed by atoms with E-state index in [0.717, 1.165) is 0 Å². The van der Waals surface area contributed by atoms with Crippen molar-refractivity contribution in [2.24, 2.45) is 0 Å². The van der Waals surface area contributed by atoms with Crippen molar-refractivity contribution >= 4 is 23.2 Å². The quantitative estimate of drug-likeness (QED) is 0.735. The van der Waals surface area contributed by atoms with Crippen molar-refractivity contribution in [2.45, 2.75) is 0 Å². The maximum absolute atomic E-state index is 7.07. The summed E-state index contributed by atoms with van der Waals surface area (Å²) >= 11 is 11.6. The molecule has 0 spiro atoms. The van der Waals surface area contributed by atoms with Crippen LogP contribution in [-0.4, -0.2) is 10.2 Å². The van der Waals surface area contributed by atoms with Crippen molar-refractivity contribution < 1.29 is 5.79 Å². The van der Waals surface area contributed by atoms with E-state index in [1.165, 1.54) is 0 Å². The second kappa shape index (κ2) is 3.36. The molecule has 1 aromatic heterocycles. The van der Waals surface area contributed by atoms with Crippen molar-refractivity contribution in [2.75, 3.05) is 0 Å². The smallest absolute Gasteiger partial charge is 0.247 e. The van der Waals surface area contributed by atoms with Gasteiger partial charge in [-0.05, 0) is 18.2 Å². The number of aromatic nitrogens is 2. The molecule has 3 nitrogen and oxygen atoms in total. The molecule has 0 unspecified atom stereocenters. The van der Waals surface area contributed by atoms with Crippen LogP contribution in [0.1, 0.15) is 1.37 Å². The maximum Gasteiger partial charge on any atom is 0.247 e. The average molecular weight is 216 g/mol. The zero-order valence-corrected chi connectivity index (χ0v) is 7.80. The van der Waals surface area contributed by atoms with Crippen LogP contribution >= 0.6 is 23.2 Å². The summed E-state index contributed by atoms with van der Waals surface area (Å²) in [5.41, 5.74) is 0.605. The van der Waals surface area contributed by atoms with Crippen LogP contribution in [0.2, 0.25) is 10.0 Å². The van der Waals surface area contributed by atoms with Crippen LogP contribution in [0.3, 0.4) is 0 Å². The fourth-order valence-electron chi connectivity index (χ4n) is 0.944. The largest absolute Gasteiger partial charge is 0.423 e. The van der Waals surface area contributed by atoms with E-state index in [2.05, 4.69) is 10.2 Å². The molecule has 0 saturated heterocycles. The van der Waals surface area contributed by atoms with Gasteiger partial charge in [-0.2, -0.15) is 0 Å². The monoisotopic (exact) mass is 215 g/mol. The van der Waals surface area contributed by atoms with Crippen molar-refractivity contribution in [3.8, 4) is 11.5 Å². The second-order valence-electron chi connectivity index (χ2n) is 2.36. The SMILES string of the molecule is [2H]c1nnc(-c2cc(Cl)cc(Cl)c2)o1. The summed E-state index contributed by atoms with van der Waals surface area (Å²) in [5.74, 6) is 0.236. The molecule has 0 saturated carbocycles. The van der Waals surface area contributed by atoms with Gasteiger partial charge in [-0.25, -0.2) is 0 Å². The first-order valence-corrected chi connectivity index (χ1v) is 4.17. The minimum absolute atomic E-state index is 0.236. The fourth-order valence-corrected chi connectivity index (χ4v) is 1.47. The van der Waals surface area contributed by atoms with Crippen LogP contribution in [0.5, 0.6) is 0 Å². The number of hydrogen-bond donors (Lipinski definition) is 0. The van der Waals surface area contributed by atoms with E-state index in [1.807, 2.05) is 0 Å². The summed E-state index contributed by atoms with van der Waals surface area (Å²) in [6, 6.07) is 4.88. The van der Waals surface area contributed by atoms with Gasteiger partial charge >= 0.3 is 0 Å². The molecule has 0 aliphatic carbocycles. The van der Waals surface area contributed by atoms with Gasteiger partial charge in [-0.3, -0.25) is 0 Å². The van der Waals surface area contributed by atoms with Crippen LogP contribution in [0.15, 0.2) is 29.0 Å². The highest BCUT2D eigenvalue weighted by atomic mass is 35.5. The Balaban J connectivity index is 2.51. The predicted octanol–water partition coefficient (Wildman–Crippen LogP) is 3.04. The molecular formula is C8H4Cl2N2O. The van der Waals surface area contributed by atoms with E-state index in [9.17, 15) is 0 Å². The number of hydrogen-bond acceptors (Lipinski definition) is 3. The summed E-state index contributed by atoms with van der Waals surface area (Å²) in [7, 11) is 0. The number of rotatable bonds is 1. The molecule has 0 fully saturated rings. The first-order valence-electron chi connectivity index (χ1n) is 3.92. The molecular weight excluding hydrogens is 211 g/mol. The van der Waals surface area contributed by atoms with Gasteiger partial charge < -0.3 is 4.42 Å². The van der Waals surface area contributed by atoms with Gasteiger partial charge in [0, 0.05) is 15.6 Å². The van der Waals surface area contributed by atoms with Crippen LogP contribution in [0.25, 0.3) is 11.5 Å². The molecule has 0 atom stereocenters. The van der Waals surface area contributed by atoms with Gasteiger partial charge in [0.25, 0.3) is 0 Å². The third kappa shape index (κ3) is 1.82. The van der Waals surface area contributed by atoms with E-state index >= 15 is 0 Å². The number of nitrogens with zero attached hydrogens (tertiary/aromatic N) is 2. The third-order valence-electron chi connectivity index (χ3n) is 1.43. The Bertz CT molecular complexity index is 452. The van der Waals surface area contributed by atoms with Gasteiger partial charge in [0.05, 0.1) is 0 Å². The fraction of sp³-hybridized carbons (Fsp3) is 0. The lowest BCUT2D eigenvalue weighted by Crippen LogP contribution is -1.78. The molecule has 2 aromatic rings. The van der Waals surface area contributed by atoms with Gasteiger partial charge in [0.1, 0.15) is 1.37 Å². The van der Waals surface area contributed by atoms with E-state index < -0.39 is 0 Å². The summed E-state index contributed by atoms with van der Waals surface area (Å²) in [5, 5.41) is 8.03. The Morgan fingerprint density at radius 1 is 1.23 bits per heavy atom. The molecule has 0 bridgehead atoms. The molecule has 2 rings (SSSR count). The third-order valence-corrected chi connectivity index (χ3v) is 1.87. The van der Waals surface area contributed by atoms with Crippen LogP contribution in [0, 0.1) is 0 Å². The van der Waals surface area contributed by atoms with Gasteiger partial charge in [0.15, 0.2) is 0 Å². The molecule has 0 aliphatic heterocycles. The highest BCUT2D eigenvalue weighted by Crippen LogP contribution is 2.25. The summed E-state index contributed by atoms with van der Waals surface area (Å²) in [4.78, 5) is 0. The number of benzene rings is 1. The zero-order valence-electron chi connectivity index (χ0n) is 7.29. The molecule has 5 heteroatoms. The molecule has 0 N–H and O–H groups in total. The van der Waals surface area contributed by atoms with Crippen molar-refractivity contribution in [3.05, 3.63) is 34.6 Å². The lowest BCUT2D eigenvalue weighted by Gasteiger charge is -1.96. The van der Waals surface area contributed by atoms with Crippen LogP contribution < -0.4 is 0 Å². The van der Waals surface area contributed by atoms with E-state index in [4.69, 9.17) is 29.0 Å². The normalized spacial score (nSPS) is 11.4. The van der Waals surface area contributed by atoms with Crippen LogP contribution in [0.4, 0.5) is 0 Å². The Hall–Kier alpha value is -1.06. The molecule has 66 valence electrons. The molecule has 0 radical (unpaired) electrons. The predicted molar refractivity (Wildman–Crippen MR) is 49.8 cm³/mol. The highest BCUT2D eigenvalue weighted by Gasteiger charge is 2.05. The molecule has 13 heavy (non-hydrogen) atoms. The minimum Gasteiger partial charge on any atom is -0.423 e. The summed E-state index contributed by atoms with van der Waals surface area (Å²) < 4.78 is 12.0. The van der Waals surface area contributed by atoms with E-state index in [0.29, 0.717) is 15.6 Å². The standard InChI is InChI=1S/C8H4Cl2N2O/c9-6-1-5(2-7(10)3-6)8-12-11-4-13-8/h1-4H/i4D. The van der Waals surface area contributed by atoms with Crippen molar-refractivity contribution in [3.63, 3.8) is 0 Å². The molecule has 0 amide bonds. The average Bonchev–Trinajstić information content (AvgIpc) is 2.50. The van der Waals surface area contributed by atoms with E-state index in [1.54, 1.807) is 18.2 Å². The maximum atomic E-state index is 7.07. The first kappa shape index (κ1) is 7.35. The van der Waals surface area contributed by atoms with E-state index in [-0.39, 0.29) is 12.3 Å². The first-order chi connectivity index (χ1) is 6.65. The number of halogens is 2. The summed E-state index contributed by atoms with van der Waals surface area (Å²) in [6.07, 6.45) is -0.240. The second-order valence-corrected chi connectivity index (χ2v) is 3.23. The Kier molecular flexibility index (Phi) is 1.90. The molecule has 0 aliphatic rings.